The predicted octanol–water partition coefficient (Wildman–Crippen LogP) is 2.59. The lowest BCUT2D eigenvalue weighted by molar-refractivity contribution is 0.495. The maximum Gasteiger partial charge on any atom is 0.0547 e. The Morgan fingerprint density at radius 2 is 2.19 bits per heavy atom. The van der Waals surface area contributed by atoms with Crippen LogP contribution in [-0.4, -0.2) is 22.8 Å². The first-order valence-electron chi connectivity index (χ1n) is 5.15. The fourth-order valence-electron chi connectivity index (χ4n) is 1.56. The first-order chi connectivity index (χ1) is 7.70. The SMILES string of the molecule is C=CN(C)/N=C/c1ccc2ccn(C)c2c1. The zero-order valence-corrected chi connectivity index (χ0v) is 9.59. The van der Waals surface area contributed by atoms with E-state index in [9.17, 15) is 0 Å². The minimum atomic E-state index is 1.09. The van der Waals surface area contributed by atoms with Crippen LogP contribution in [0.15, 0.2) is 48.3 Å². The number of nitrogens with zero attached hydrogens (tertiary/aromatic N) is 3. The van der Waals surface area contributed by atoms with E-state index in [1.807, 2.05) is 20.3 Å². The summed E-state index contributed by atoms with van der Waals surface area (Å²) in [5.41, 5.74) is 2.30. The molecule has 0 saturated carbocycles. The molecule has 0 aliphatic heterocycles. The van der Waals surface area contributed by atoms with Crippen molar-refractivity contribution in [3.05, 3.63) is 48.8 Å². The number of aromatic nitrogens is 1. The smallest absolute Gasteiger partial charge is 0.0547 e. The molecule has 2 aromatic rings. The molecule has 0 radical (unpaired) electrons. The fourth-order valence-corrected chi connectivity index (χ4v) is 1.56. The van der Waals surface area contributed by atoms with Crippen molar-refractivity contribution in [3.8, 4) is 0 Å². The quantitative estimate of drug-likeness (QED) is 0.567. The van der Waals surface area contributed by atoms with Gasteiger partial charge in [0, 0.05) is 32.0 Å². The Bertz CT molecular complexity index is 537. The maximum atomic E-state index is 4.21. The van der Waals surface area contributed by atoms with E-state index in [1.54, 1.807) is 11.2 Å². The van der Waals surface area contributed by atoms with Crippen LogP contribution in [0.5, 0.6) is 0 Å². The van der Waals surface area contributed by atoms with Crippen LogP contribution in [0.4, 0.5) is 0 Å². The van der Waals surface area contributed by atoms with Gasteiger partial charge in [-0.25, -0.2) is 0 Å². The van der Waals surface area contributed by atoms with E-state index in [2.05, 4.69) is 46.7 Å². The minimum Gasteiger partial charge on any atom is -0.351 e. The molecule has 0 atom stereocenters. The summed E-state index contributed by atoms with van der Waals surface area (Å²) >= 11 is 0. The highest BCUT2D eigenvalue weighted by Gasteiger charge is 1.98. The lowest BCUT2D eigenvalue weighted by atomic mass is 10.2. The molecule has 0 N–H and O–H groups in total. The summed E-state index contributed by atoms with van der Waals surface area (Å²) in [5.74, 6) is 0. The molecule has 82 valence electrons. The molecule has 3 heteroatoms. The van der Waals surface area contributed by atoms with Crippen LogP contribution in [0.3, 0.4) is 0 Å². The molecule has 2 rings (SSSR count). The van der Waals surface area contributed by atoms with E-state index in [0.717, 1.165) is 5.56 Å². The molecule has 0 fully saturated rings. The highest BCUT2D eigenvalue weighted by atomic mass is 15.4. The zero-order chi connectivity index (χ0) is 11.5. The van der Waals surface area contributed by atoms with Crippen molar-refractivity contribution in [1.82, 2.24) is 9.58 Å². The summed E-state index contributed by atoms with van der Waals surface area (Å²) in [6.07, 6.45) is 5.55. The summed E-state index contributed by atoms with van der Waals surface area (Å²) in [7, 11) is 3.89. The van der Waals surface area contributed by atoms with Crippen LogP contribution in [0.2, 0.25) is 0 Å². The van der Waals surface area contributed by atoms with Gasteiger partial charge in [0.25, 0.3) is 0 Å². The van der Waals surface area contributed by atoms with Gasteiger partial charge in [-0.3, -0.25) is 5.01 Å². The van der Waals surface area contributed by atoms with Gasteiger partial charge in [0.15, 0.2) is 0 Å². The second-order valence-electron chi connectivity index (χ2n) is 3.75. The van der Waals surface area contributed by atoms with Crippen LogP contribution < -0.4 is 0 Å². The largest absolute Gasteiger partial charge is 0.351 e. The molecular weight excluding hydrogens is 198 g/mol. The lowest BCUT2D eigenvalue weighted by Crippen LogP contribution is -2.00. The Morgan fingerprint density at radius 1 is 1.38 bits per heavy atom. The van der Waals surface area contributed by atoms with E-state index in [1.165, 1.54) is 10.9 Å². The number of benzene rings is 1. The van der Waals surface area contributed by atoms with Crippen molar-refractivity contribution in [2.24, 2.45) is 12.1 Å². The molecule has 0 aliphatic rings. The zero-order valence-electron chi connectivity index (χ0n) is 9.59. The molecule has 1 heterocycles. The van der Waals surface area contributed by atoms with Gasteiger partial charge in [-0.1, -0.05) is 18.7 Å². The monoisotopic (exact) mass is 213 g/mol. The molecule has 3 nitrogen and oxygen atoms in total. The van der Waals surface area contributed by atoms with Gasteiger partial charge in [0.1, 0.15) is 0 Å². The van der Waals surface area contributed by atoms with Crippen LogP contribution in [0.1, 0.15) is 5.56 Å². The second-order valence-corrected chi connectivity index (χ2v) is 3.75. The van der Waals surface area contributed by atoms with Crippen molar-refractivity contribution >= 4 is 17.1 Å². The third-order valence-electron chi connectivity index (χ3n) is 2.57. The molecular formula is C13H15N3. The Kier molecular flexibility index (Phi) is 2.77. The van der Waals surface area contributed by atoms with E-state index in [0.29, 0.717) is 0 Å². The summed E-state index contributed by atoms with van der Waals surface area (Å²) < 4.78 is 2.10. The summed E-state index contributed by atoms with van der Waals surface area (Å²) in [5, 5.41) is 7.14. The molecule has 0 bridgehead atoms. The molecule has 0 unspecified atom stereocenters. The molecule has 1 aromatic heterocycles. The number of hydrogen-bond donors (Lipinski definition) is 0. The van der Waals surface area contributed by atoms with Crippen molar-refractivity contribution in [2.45, 2.75) is 0 Å². The topological polar surface area (TPSA) is 20.5 Å². The summed E-state index contributed by atoms with van der Waals surface area (Å²) in [6, 6.07) is 8.38. The fraction of sp³-hybridized carbons (Fsp3) is 0.154. The van der Waals surface area contributed by atoms with Crippen LogP contribution >= 0.6 is 0 Å². The van der Waals surface area contributed by atoms with Crippen molar-refractivity contribution in [1.29, 1.82) is 0 Å². The van der Waals surface area contributed by atoms with Gasteiger partial charge in [-0.15, -0.1) is 0 Å². The standard InChI is InChI=1S/C13H15N3/c1-4-16(3)14-10-11-5-6-12-7-8-15(2)13(12)9-11/h4-10H,1H2,2-3H3/b14-10+. The van der Waals surface area contributed by atoms with Gasteiger partial charge in [0.05, 0.1) is 6.21 Å². The van der Waals surface area contributed by atoms with Crippen molar-refractivity contribution in [2.75, 3.05) is 7.05 Å². The van der Waals surface area contributed by atoms with Crippen molar-refractivity contribution in [3.63, 3.8) is 0 Å². The van der Waals surface area contributed by atoms with Gasteiger partial charge in [-0.05, 0) is 23.1 Å². The molecule has 0 aliphatic carbocycles. The third kappa shape index (κ3) is 1.98. The van der Waals surface area contributed by atoms with Crippen LogP contribution in [-0.2, 0) is 7.05 Å². The van der Waals surface area contributed by atoms with Gasteiger partial charge in [0.2, 0.25) is 0 Å². The maximum absolute atomic E-state index is 4.21. The third-order valence-corrected chi connectivity index (χ3v) is 2.57. The molecule has 1 aromatic carbocycles. The minimum absolute atomic E-state index is 1.09. The highest BCUT2D eigenvalue weighted by Crippen LogP contribution is 2.15. The molecule has 16 heavy (non-hydrogen) atoms. The van der Waals surface area contributed by atoms with Gasteiger partial charge in [-0.2, -0.15) is 5.10 Å². The molecule has 0 saturated heterocycles. The van der Waals surface area contributed by atoms with Crippen LogP contribution in [0, 0.1) is 0 Å². The van der Waals surface area contributed by atoms with E-state index >= 15 is 0 Å². The predicted molar refractivity (Wildman–Crippen MR) is 68.5 cm³/mol. The molecule has 0 spiro atoms. The Labute approximate surface area is 95.3 Å². The lowest BCUT2D eigenvalue weighted by Gasteiger charge is -2.04. The highest BCUT2D eigenvalue weighted by molar-refractivity contribution is 5.89. The first-order valence-corrected chi connectivity index (χ1v) is 5.15. The Hall–Kier alpha value is -2.03. The number of aryl methyl sites for hydroxylation is 1. The average Bonchev–Trinajstić information content (AvgIpc) is 2.68. The summed E-state index contributed by atoms with van der Waals surface area (Å²) in [6.45, 7) is 3.64. The van der Waals surface area contributed by atoms with E-state index in [-0.39, 0.29) is 0 Å². The second kappa shape index (κ2) is 4.23. The number of rotatable bonds is 3. The number of hydrogen-bond acceptors (Lipinski definition) is 2. The van der Waals surface area contributed by atoms with E-state index < -0.39 is 0 Å². The Balaban J connectivity index is 2.35. The van der Waals surface area contributed by atoms with Crippen molar-refractivity contribution < 1.29 is 0 Å². The van der Waals surface area contributed by atoms with Gasteiger partial charge < -0.3 is 4.57 Å². The Morgan fingerprint density at radius 3 is 2.94 bits per heavy atom. The van der Waals surface area contributed by atoms with Gasteiger partial charge >= 0.3 is 0 Å². The number of hydrazone groups is 1. The van der Waals surface area contributed by atoms with Crippen LogP contribution in [0.25, 0.3) is 10.9 Å². The summed E-state index contributed by atoms with van der Waals surface area (Å²) in [4.78, 5) is 0. The van der Waals surface area contributed by atoms with E-state index in [4.69, 9.17) is 0 Å². The number of fused-ring (bicyclic) bond motifs is 1. The first kappa shape index (κ1) is 10.5. The normalized spacial score (nSPS) is 11.1. The average molecular weight is 213 g/mol. The molecule has 0 amide bonds.